The topological polar surface area (TPSA) is 111 Å². The molecule has 2 bridgehead atoms. The monoisotopic (exact) mass is 331 g/mol. The number of fused-ring (bicyclic) bond motifs is 2. The van der Waals surface area contributed by atoms with Gasteiger partial charge in [0.05, 0.1) is 18.6 Å². The van der Waals surface area contributed by atoms with Crippen LogP contribution in [0.1, 0.15) is 25.7 Å². The van der Waals surface area contributed by atoms with E-state index in [4.69, 9.17) is 10.00 Å². The summed E-state index contributed by atoms with van der Waals surface area (Å²) in [5, 5.41) is 18.0. The predicted octanol–water partition coefficient (Wildman–Crippen LogP) is 0.0308. The smallest absolute Gasteiger partial charge is 0.308 e. The maximum absolute atomic E-state index is 12.9. The fraction of sp³-hybridized carbons (Fsp3) is 0.846. The second-order valence-electron chi connectivity index (χ2n) is 5.62. The second kappa shape index (κ2) is 6.91. The van der Waals surface area contributed by atoms with Crippen LogP contribution in [0, 0.1) is 17.2 Å². The van der Waals surface area contributed by atoms with E-state index in [1.54, 1.807) is 0 Å². The molecule has 0 amide bonds. The molecule has 1 N–H and O–H groups in total. The van der Waals surface area contributed by atoms with Crippen LogP contribution in [0.15, 0.2) is 0 Å². The van der Waals surface area contributed by atoms with Crippen molar-refractivity contribution in [3.63, 3.8) is 0 Å². The van der Waals surface area contributed by atoms with Gasteiger partial charge in [-0.2, -0.15) is 22.3 Å². The number of carboxylic acid groups (broad SMARTS) is 1. The third kappa shape index (κ3) is 3.10. The molecule has 3 unspecified atom stereocenters. The molecule has 22 heavy (non-hydrogen) atoms. The summed E-state index contributed by atoms with van der Waals surface area (Å²) < 4.78 is 33.3. The molecule has 0 spiro atoms. The zero-order valence-electron chi connectivity index (χ0n) is 12.5. The second-order valence-corrected chi connectivity index (χ2v) is 7.45. The van der Waals surface area contributed by atoms with Crippen LogP contribution >= 0.6 is 0 Å². The Kier molecular flexibility index (Phi) is 5.39. The van der Waals surface area contributed by atoms with Gasteiger partial charge < -0.3 is 9.84 Å². The summed E-state index contributed by atoms with van der Waals surface area (Å²) in [5.74, 6) is -1.57. The Morgan fingerprint density at radius 1 is 1.45 bits per heavy atom. The van der Waals surface area contributed by atoms with E-state index >= 15 is 0 Å². The van der Waals surface area contributed by atoms with E-state index in [1.807, 2.05) is 6.07 Å². The van der Waals surface area contributed by atoms with Gasteiger partial charge in [-0.25, -0.2) is 0 Å². The first kappa shape index (κ1) is 17.1. The lowest BCUT2D eigenvalue weighted by molar-refractivity contribution is -0.142. The van der Waals surface area contributed by atoms with Crippen LogP contribution in [0.5, 0.6) is 0 Å². The van der Waals surface area contributed by atoms with Crippen molar-refractivity contribution in [3.05, 3.63) is 0 Å². The third-order valence-corrected chi connectivity index (χ3v) is 6.52. The van der Waals surface area contributed by atoms with Crippen molar-refractivity contribution < 1.29 is 23.1 Å². The molecular formula is C13H21N3O5S. The van der Waals surface area contributed by atoms with E-state index < -0.39 is 28.1 Å². The average Bonchev–Trinajstić information content (AvgIpc) is 3.05. The summed E-state index contributed by atoms with van der Waals surface area (Å²) in [6.07, 6.45) is 1.74. The van der Waals surface area contributed by atoms with Gasteiger partial charge in [-0.1, -0.05) is 0 Å². The highest BCUT2D eigenvalue weighted by atomic mass is 32.2. The lowest BCUT2D eigenvalue weighted by atomic mass is 9.89. The van der Waals surface area contributed by atoms with E-state index in [2.05, 4.69) is 0 Å². The molecule has 0 aromatic heterocycles. The largest absolute Gasteiger partial charge is 0.481 e. The maximum Gasteiger partial charge on any atom is 0.308 e. The Hall–Kier alpha value is -1.21. The highest BCUT2D eigenvalue weighted by Gasteiger charge is 2.55. The third-order valence-electron chi connectivity index (χ3n) is 4.40. The molecule has 0 aromatic carbocycles. The molecule has 0 saturated carbocycles. The molecule has 0 aliphatic carbocycles. The molecular weight excluding hydrogens is 310 g/mol. The Morgan fingerprint density at radius 3 is 2.73 bits per heavy atom. The molecule has 0 radical (unpaired) electrons. The average molecular weight is 331 g/mol. The summed E-state index contributed by atoms with van der Waals surface area (Å²) in [6, 6.07) is 1.22. The van der Waals surface area contributed by atoms with Gasteiger partial charge in [0.1, 0.15) is 0 Å². The predicted molar refractivity (Wildman–Crippen MR) is 77.0 cm³/mol. The molecule has 9 heteroatoms. The minimum absolute atomic E-state index is 0.0917. The Balaban J connectivity index is 2.20. The van der Waals surface area contributed by atoms with E-state index in [0.29, 0.717) is 19.3 Å². The van der Waals surface area contributed by atoms with Gasteiger partial charge in [0.25, 0.3) is 10.2 Å². The summed E-state index contributed by atoms with van der Waals surface area (Å²) in [4.78, 5) is 11.3. The number of nitrogens with zero attached hydrogens (tertiary/aromatic N) is 3. The number of methoxy groups -OCH3 is 1. The van der Waals surface area contributed by atoms with Crippen LogP contribution in [-0.4, -0.2) is 67.0 Å². The van der Waals surface area contributed by atoms with Gasteiger partial charge in [-0.15, -0.1) is 0 Å². The van der Waals surface area contributed by atoms with Crippen molar-refractivity contribution in [2.24, 2.45) is 5.92 Å². The zero-order chi connectivity index (χ0) is 16.3. The van der Waals surface area contributed by atoms with Crippen LogP contribution < -0.4 is 0 Å². The normalized spacial score (nSPS) is 28.1. The minimum Gasteiger partial charge on any atom is -0.481 e. The maximum atomic E-state index is 12.9. The molecule has 2 heterocycles. The van der Waals surface area contributed by atoms with Crippen molar-refractivity contribution >= 4 is 16.2 Å². The van der Waals surface area contributed by atoms with E-state index in [1.165, 1.54) is 15.7 Å². The Morgan fingerprint density at radius 2 is 2.18 bits per heavy atom. The first-order valence-electron chi connectivity index (χ1n) is 7.30. The molecule has 0 aromatic rings. The number of nitriles is 1. The van der Waals surface area contributed by atoms with Gasteiger partial charge in [-0.3, -0.25) is 4.79 Å². The quantitative estimate of drug-likeness (QED) is 0.672. The number of hydrogen-bond acceptors (Lipinski definition) is 5. The van der Waals surface area contributed by atoms with Crippen LogP contribution in [-0.2, 0) is 19.7 Å². The molecule has 3 atom stereocenters. The standard InChI is InChI=1S/C13H21N3O5S/c1-21-8-7-15(6-2-5-14)22(19,20)16-10-3-4-12(16)11(9-10)13(17)18/h10-12H,2-4,6-9H2,1H3,(H,17,18). The number of rotatable bonds is 8. The van der Waals surface area contributed by atoms with Crippen molar-refractivity contribution in [2.45, 2.75) is 37.8 Å². The Bertz CT molecular complexity index is 559. The highest BCUT2D eigenvalue weighted by Crippen LogP contribution is 2.44. The number of aliphatic carboxylic acids is 1. The summed E-state index contributed by atoms with van der Waals surface area (Å²) in [5.41, 5.74) is 0. The number of ether oxygens (including phenoxy) is 1. The molecule has 2 saturated heterocycles. The molecule has 2 aliphatic rings. The number of carboxylic acids is 1. The van der Waals surface area contributed by atoms with Gasteiger partial charge in [0, 0.05) is 38.7 Å². The highest BCUT2D eigenvalue weighted by molar-refractivity contribution is 7.86. The molecule has 8 nitrogen and oxygen atoms in total. The van der Waals surface area contributed by atoms with Crippen molar-refractivity contribution in [1.29, 1.82) is 5.26 Å². The summed E-state index contributed by atoms with van der Waals surface area (Å²) in [6.45, 7) is 0.486. The molecule has 2 rings (SSSR count). The zero-order valence-corrected chi connectivity index (χ0v) is 13.3. The van der Waals surface area contributed by atoms with E-state index in [-0.39, 0.29) is 32.2 Å². The first-order chi connectivity index (χ1) is 10.4. The lowest BCUT2D eigenvalue weighted by Gasteiger charge is -2.29. The van der Waals surface area contributed by atoms with Crippen LogP contribution in [0.3, 0.4) is 0 Å². The van der Waals surface area contributed by atoms with Crippen molar-refractivity contribution in [2.75, 3.05) is 26.8 Å². The van der Waals surface area contributed by atoms with Gasteiger partial charge in [0.2, 0.25) is 0 Å². The fourth-order valence-electron chi connectivity index (χ4n) is 3.41. The van der Waals surface area contributed by atoms with Crippen LogP contribution in [0.2, 0.25) is 0 Å². The fourth-order valence-corrected chi connectivity index (χ4v) is 5.46. The molecule has 124 valence electrons. The summed E-state index contributed by atoms with van der Waals surface area (Å²) >= 11 is 0. The molecule has 2 fully saturated rings. The number of hydrogen-bond donors (Lipinski definition) is 1. The first-order valence-corrected chi connectivity index (χ1v) is 8.70. The van der Waals surface area contributed by atoms with E-state index in [0.717, 1.165) is 0 Å². The van der Waals surface area contributed by atoms with Crippen LogP contribution in [0.4, 0.5) is 0 Å². The van der Waals surface area contributed by atoms with Crippen molar-refractivity contribution in [1.82, 2.24) is 8.61 Å². The van der Waals surface area contributed by atoms with Gasteiger partial charge in [0.15, 0.2) is 0 Å². The lowest BCUT2D eigenvalue weighted by Crippen LogP contribution is -2.48. The SMILES string of the molecule is COCCN(CCC#N)S(=O)(=O)N1C2CCC1C(C(=O)O)C2. The molecule has 2 aliphatic heterocycles. The minimum atomic E-state index is -3.78. The van der Waals surface area contributed by atoms with Gasteiger partial charge in [-0.05, 0) is 19.3 Å². The Labute approximate surface area is 130 Å². The van der Waals surface area contributed by atoms with Crippen LogP contribution in [0.25, 0.3) is 0 Å². The number of carbonyl (C=O) groups is 1. The van der Waals surface area contributed by atoms with Gasteiger partial charge >= 0.3 is 5.97 Å². The summed E-state index contributed by atoms with van der Waals surface area (Å²) in [7, 11) is -2.29. The van der Waals surface area contributed by atoms with E-state index in [9.17, 15) is 18.3 Å². The van der Waals surface area contributed by atoms with Crippen molar-refractivity contribution in [3.8, 4) is 6.07 Å².